The second-order valence-corrected chi connectivity index (χ2v) is 6.95. The van der Waals surface area contributed by atoms with E-state index in [0.29, 0.717) is 5.56 Å². The summed E-state index contributed by atoms with van der Waals surface area (Å²) in [6.07, 6.45) is 0. The SMILES string of the molecule is Nc1ccc(S(=O)(=O)Cc2cccc(Br)c2)c(F)c1. The van der Waals surface area contributed by atoms with E-state index in [4.69, 9.17) is 5.73 Å². The van der Waals surface area contributed by atoms with Gasteiger partial charge in [-0.15, -0.1) is 0 Å². The monoisotopic (exact) mass is 343 g/mol. The van der Waals surface area contributed by atoms with E-state index in [1.54, 1.807) is 24.3 Å². The summed E-state index contributed by atoms with van der Waals surface area (Å²) in [7, 11) is -3.73. The van der Waals surface area contributed by atoms with Crippen molar-refractivity contribution in [2.24, 2.45) is 0 Å². The lowest BCUT2D eigenvalue weighted by atomic mass is 10.2. The number of hydrogen-bond donors (Lipinski definition) is 1. The summed E-state index contributed by atoms with van der Waals surface area (Å²) in [4.78, 5) is -0.332. The van der Waals surface area contributed by atoms with Crippen molar-refractivity contribution in [2.75, 3.05) is 5.73 Å². The van der Waals surface area contributed by atoms with Crippen LogP contribution in [0.4, 0.5) is 10.1 Å². The zero-order valence-corrected chi connectivity index (χ0v) is 12.2. The molecule has 0 aliphatic rings. The normalized spacial score (nSPS) is 11.5. The molecule has 0 radical (unpaired) electrons. The van der Waals surface area contributed by atoms with Crippen LogP contribution in [0.25, 0.3) is 0 Å². The summed E-state index contributed by atoms with van der Waals surface area (Å²) in [6, 6.07) is 10.5. The minimum absolute atomic E-state index is 0.193. The van der Waals surface area contributed by atoms with Gasteiger partial charge >= 0.3 is 0 Å². The molecule has 100 valence electrons. The van der Waals surface area contributed by atoms with Gasteiger partial charge in [0.05, 0.1) is 5.75 Å². The molecule has 0 fully saturated rings. The lowest BCUT2D eigenvalue weighted by Gasteiger charge is -2.07. The summed E-state index contributed by atoms with van der Waals surface area (Å²) in [5.74, 6) is -1.08. The van der Waals surface area contributed by atoms with Crippen LogP contribution in [0.3, 0.4) is 0 Å². The first-order valence-corrected chi connectivity index (χ1v) is 7.85. The van der Waals surface area contributed by atoms with Crippen LogP contribution in [0.2, 0.25) is 0 Å². The van der Waals surface area contributed by atoms with Crippen molar-refractivity contribution < 1.29 is 12.8 Å². The van der Waals surface area contributed by atoms with Gasteiger partial charge in [0.25, 0.3) is 0 Å². The fraction of sp³-hybridized carbons (Fsp3) is 0.0769. The quantitative estimate of drug-likeness (QED) is 0.871. The van der Waals surface area contributed by atoms with Gasteiger partial charge in [-0.05, 0) is 35.9 Å². The van der Waals surface area contributed by atoms with Crippen LogP contribution in [0.1, 0.15) is 5.56 Å². The minimum Gasteiger partial charge on any atom is -0.399 e. The van der Waals surface area contributed by atoms with Crippen molar-refractivity contribution in [3.63, 3.8) is 0 Å². The molecule has 19 heavy (non-hydrogen) atoms. The van der Waals surface area contributed by atoms with Crippen LogP contribution in [0, 0.1) is 5.82 Å². The Balaban J connectivity index is 2.38. The van der Waals surface area contributed by atoms with Crippen LogP contribution in [-0.2, 0) is 15.6 Å². The fourth-order valence-corrected chi connectivity index (χ4v) is 3.55. The van der Waals surface area contributed by atoms with Gasteiger partial charge in [0, 0.05) is 10.2 Å². The smallest absolute Gasteiger partial charge is 0.185 e. The summed E-state index contributed by atoms with van der Waals surface area (Å²) < 4.78 is 38.7. The van der Waals surface area contributed by atoms with Crippen molar-refractivity contribution in [1.29, 1.82) is 0 Å². The highest BCUT2D eigenvalue weighted by molar-refractivity contribution is 9.10. The van der Waals surface area contributed by atoms with Crippen molar-refractivity contribution in [1.82, 2.24) is 0 Å². The highest BCUT2D eigenvalue weighted by atomic mass is 79.9. The molecular weight excluding hydrogens is 333 g/mol. The van der Waals surface area contributed by atoms with Gasteiger partial charge in [-0.2, -0.15) is 0 Å². The van der Waals surface area contributed by atoms with E-state index >= 15 is 0 Å². The first-order chi connectivity index (χ1) is 8.88. The molecule has 2 aromatic rings. The Morgan fingerprint density at radius 2 is 1.89 bits per heavy atom. The Morgan fingerprint density at radius 3 is 2.53 bits per heavy atom. The number of benzene rings is 2. The summed E-state index contributed by atoms with van der Waals surface area (Å²) in [6.45, 7) is 0. The third-order valence-electron chi connectivity index (χ3n) is 2.54. The van der Waals surface area contributed by atoms with Gasteiger partial charge in [0.15, 0.2) is 9.84 Å². The molecule has 0 saturated carbocycles. The van der Waals surface area contributed by atoms with E-state index in [2.05, 4.69) is 15.9 Å². The van der Waals surface area contributed by atoms with Crippen LogP contribution >= 0.6 is 15.9 Å². The molecule has 2 aromatic carbocycles. The number of anilines is 1. The standard InChI is InChI=1S/C13H11BrFNO2S/c14-10-3-1-2-9(6-10)8-19(17,18)13-5-4-11(16)7-12(13)15/h1-7H,8,16H2. The molecule has 0 aliphatic heterocycles. The maximum absolute atomic E-state index is 13.7. The van der Waals surface area contributed by atoms with Crippen LogP contribution in [-0.4, -0.2) is 8.42 Å². The molecule has 0 atom stereocenters. The minimum atomic E-state index is -3.73. The zero-order valence-electron chi connectivity index (χ0n) is 9.81. The Hall–Kier alpha value is -1.40. The van der Waals surface area contributed by atoms with Gasteiger partial charge in [-0.25, -0.2) is 12.8 Å². The van der Waals surface area contributed by atoms with E-state index in [0.717, 1.165) is 10.5 Å². The highest BCUT2D eigenvalue weighted by Gasteiger charge is 2.20. The third kappa shape index (κ3) is 3.33. The van der Waals surface area contributed by atoms with Crippen LogP contribution in [0.5, 0.6) is 0 Å². The zero-order chi connectivity index (χ0) is 14.0. The lowest BCUT2D eigenvalue weighted by molar-refractivity contribution is 0.567. The van der Waals surface area contributed by atoms with Gasteiger partial charge in [-0.1, -0.05) is 28.1 Å². The second-order valence-electron chi connectivity index (χ2n) is 4.08. The largest absolute Gasteiger partial charge is 0.399 e. The molecule has 0 spiro atoms. The highest BCUT2D eigenvalue weighted by Crippen LogP contribution is 2.22. The molecule has 3 nitrogen and oxygen atoms in total. The van der Waals surface area contributed by atoms with E-state index < -0.39 is 15.7 Å². The molecule has 6 heteroatoms. The predicted octanol–water partition coefficient (Wildman–Crippen LogP) is 3.14. The average molecular weight is 344 g/mol. The third-order valence-corrected chi connectivity index (χ3v) is 4.74. The average Bonchev–Trinajstić information content (AvgIpc) is 2.27. The molecule has 0 aromatic heterocycles. The predicted molar refractivity (Wildman–Crippen MR) is 75.8 cm³/mol. The molecule has 0 heterocycles. The fourth-order valence-electron chi connectivity index (χ4n) is 1.69. The number of nitrogen functional groups attached to an aromatic ring is 1. The first kappa shape index (κ1) is 14.0. The molecule has 0 aliphatic carbocycles. The molecule has 0 amide bonds. The van der Waals surface area contributed by atoms with Crippen molar-refractivity contribution in [3.8, 4) is 0 Å². The van der Waals surface area contributed by atoms with E-state index in [1.165, 1.54) is 12.1 Å². The Morgan fingerprint density at radius 1 is 1.16 bits per heavy atom. The van der Waals surface area contributed by atoms with Crippen molar-refractivity contribution in [3.05, 3.63) is 58.3 Å². The number of halogens is 2. The van der Waals surface area contributed by atoms with E-state index in [-0.39, 0.29) is 16.3 Å². The Labute approximate surface area is 119 Å². The number of hydrogen-bond acceptors (Lipinski definition) is 3. The van der Waals surface area contributed by atoms with E-state index in [9.17, 15) is 12.8 Å². The van der Waals surface area contributed by atoms with Crippen molar-refractivity contribution >= 4 is 31.5 Å². The number of sulfone groups is 1. The number of nitrogens with two attached hydrogens (primary N) is 1. The van der Waals surface area contributed by atoms with Crippen LogP contribution in [0.15, 0.2) is 51.8 Å². The molecule has 0 bridgehead atoms. The second kappa shape index (κ2) is 5.30. The maximum Gasteiger partial charge on any atom is 0.185 e. The van der Waals surface area contributed by atoms with Gasteiger partial charge in [0.2, 0.25) is 0 Å². The molecule has 0 unspecified atom stereocenters. The Bertz CT molecular complexity index is 716. The van der Waals surface area contributed by atoms with Crippen molar-refractivity contribution in [2.45, 2.75) is 10.6 Å². The summed E-state index contributed by atoms with van der Waals surface area (Å²) in [5.41, 5.74) is 6.18. The Kier molecular flexibility index (Phi) is 3.91. The van der Waals surface area contributed by atoms with Gasteiger partial charge < -0.3 is 5.73 Å². The lowest BCUT2D eigenvalue weighted by Crippen LogP contribution is -2.07. The van der Waals surface area contributed by atoms with Crippen LogP contribution < -0.4 is 5.73 Å². The van der Waals surface area contributed by atoms with Gasteiger partial charge in [0.1, 0.15) is 10.7 Å². The summed E-state index contributed by atoms with van der Waals surface area (Å²) in [5, 5.41) is 0. The first-order valence-electron chi connectivity index (χ1n) is 5.41. The molecule has 2 rings (SSSR count). The van der Waals surface area contributed by atoms with Gasteiger partial charge in [-0.3, -0.25) is 0 Å². The molecule has 2 N–H and O–H groups in total. The molecule has 0 saturated heterocycles. The van der Waals surface area contributed by atoms with E-state index in [1.807, 2.05) is 0 Å². The maximum atomic E-state index is 13.7. The summed E-state index contributed by atoms with van der Waals surface area (Å²) >= 11 is 3.26. The molecular formula is C13H11BrFNO2S. The topological polar surface area (TPSA) is 60.2 Å². The number of rotatable bonds is 3.